The van der Waals surface area contributed by atoms with Gasteiger partial charge in [0.25, 0.3) is 0 Å². The third kappa shape index (κ3) is 3.07. The average molecular weight is 221 g/mol. The molecule has 16 heavy (non-hydrogen) atoms. The summed E-state index contributed by atoms with van der Waals surface area (Å²) in [6.07, 6.45) is 2.50. The molecule has 1 aromatic rings. The van der Waals surface area contributed by atoms with Crippen molar-refractivity contribution in [2.45, 2.75) is 32.7 Å². The van der Waals surface area contributed by atoms with Gasteiger partial charge in [-0.25, -0.2) is 4.74 Å². The number of hydrogen-bond acceptors (Lipinski definition) is 2. The van der Waals surface area contributed by atoms with E-state index in [4.69, 9.17) is 5.11 Å². The first-order valence-corrected chi connectivity index (χ1v) is 5.50. The van der Waals surface area contributed by atoms with Crippen molar-refractivity contribution in [1.82, 2.24) is 0 Å². The van der Waals surface area contributed by atoms with E-state index in [9.17, 15) is 5.21 Å². The predicted molar refractivity (Wildman–Crippen MR) is 65.8 cm³/mol. The third-order valence-corrected chi connectivity index (χ3v) is 2.64. The highest BCUT2D eigenvalue weighted by Gasteiger charge is 2.24. The Hall–Kier alpha value is -1.35. The number of aliphatic hydroxyl groups excluding tert-OH is 1. The molecule has 3 nitrogen and oxygen atoms in total. The van der Waals surface area contributed by atoms with E-state index in [0.29, 0.717) is 0 Å². The molecule has 3 heteroatoms. The van der Waals surface area contributed by atoms with Gasteiger partial charge in [0.1, 0.15) is 6.61 Å². The summed E-state index contributed by atoms with van der Waals surface area (Å²) in [4.78, 5) is 0. The molecule has 0 saturated heterocycles. The lowest BCUT2D eigenvalue weighted by Crippen LogP contribution is -2.37. The lowest BCUT2D eigenvalue weighted by atomic mass is 10.1. The van der Waals surface area contributed by atoms with E-state index in [1.54, 1.807) is 13.8 Å². The van der Waals surface area contributed by atoms with E-state index >= 15 is 0 Å². The standard InChI is InChI=1S/C13H19NO2/c1-4-11-5-7-12(8-6-11)9-14(16)13(2,3)10-15/h5-9,15H,4,10H2,1-3H3/b14-9-. The second kappa shape index (κ2) is 5.12. The van der Waals surface area contributed by atoms with Crippen molar-refractivity contribution in [3.63, 3.8) is 0 Å². The van der Waals surface area contributed by atoms with Crippen LogP contribution in [0.1, 0.15) is 31.9 Å². The Labute approximate surface area is 96.6 Å². The van der Waals surface area contributed by atoms with Crippen LogP contribution in [0, 0.1) is 5.21 Å². The summed E-state index contributed by atoms with van der Waals surface area (Å²) in [5.74, 6) is 0. The zero-order valence-corrected chi connectivity index (χ0v) is 10.1. The minimum absolute atomic E-state index is 0.167. The van der Waals surface area contributed by atoms with Gasteiger partial charge in [0.15, 0.2) is 11.8 Å². The first kappa shape index (κ1) is 12.7. The van der Waals surface area contributed by atoms with Crippen molar-refractivity contribution >= 4 is 6.21 Å². The van der Waals surface area contributed by atoms with Crippen LogP contribution in [-0.2, 0) is 6.42 Å². The van der Waals surface area contributed by atoms with Crippen LogP contribution in [0.15, 0.2) is 24.3 Å². The molecule has 1 rings (SSSR count). The Balaban J connectivity index is 2.90. The Bertz CT molecular complexity index is 366. The van der Waals surface area contributed by atoms with E-state index in [0.717, 1.165) is 16.7 Å². The maximum atomic E-state index is 11.7. The van der Waals surface area contributed by atoms with Gasteiger partial charge in [-0.3, -0.25) is 0 Å². The molecule has 0 amide bonds. The first-order chi connectivity index (χ1) is 7.49. The zero-order valence-electron chi connectivity index (χ0n) is 10.1. The molecule has 0 unspecified atom stereocenters. The zero-order chi connectivity index (χ0) is 12.2. The Morgan fingerprint density at radius 3 is 2.31 bits per heavy atom. The van der Waals surface area contributed by atoms with Gasteiger partial charge in [-0.2, -0.15) is 0 Å². The highest BCUT2D eigenvalue weighted by Crippen LogP contribution is 2.08. The Morgan fingerprint density at radius 1 is 1.31 bits per heavy atom. The van der Waals surface area contributed by atoms with Crippen molar-refractivity contribution in [3.05, 3.63) is 40.6 Å². The van der Waals surface area contributed by atoms with E-state index in [1.165, 1.54) is 11.8 Å². The maximum Gasteiger partial charge on any atom is 0.190 e. The number of hydrogen-bond donors (Lipinski definition) is 1. The molecule has 1 aromatic carbocycles. The van der Waals surface area contributed by atoms with Crippen LogP contribution in [0.25, 0.3) is 0 Å². The topological polar surface area (TPSA) is 46.3 Å². The summed E-state index contributed by atoms with van der Waals surface area (Å²) in [6, 6.07) is 7.84. The highest BCUT2D eigenvalue weighted by atomic mass is 16.5. The van der Waals surface area contributed by atoms with E-state index < -0.39 is 5.54 Å². The molecule has 0 atom stereocenters. The summed E-state index contributed by atoms with van der Waals surface area (Å²) < 4.78 is 0.800. The van der Waals surface area contributed by atoms with E-state index in [2.05, 4.69) is 6.92 Å². The van der Waals surface area contributed by atoms with Crippen molar-refractivity contribution in [2.24, 2.45) is 0 Å². The number of nitrogens with zero attached hydrogens (tertiary/aromatic N) is 1. The minimum Gasteiger partial charge on any atom is -0.623 e. The molecule has 0 aliphatic heterocycles. The van der Waals surface area contributed by atoms with Crippen LogP contribution in [-0.4, -0.2) is 28.2 Å². The fourth-order valence-electron chi connectivity index (χ4n) is 1.22. The molecule has 0 radical (unpaired) electrons. The maximum absolute atomic E-state index is 11.7. The molecule has 0 bridgehead atoms. The van der Waals surface area contributed by atoms with Gasteiger partial charge in [0.05, 0.1) is 0 Å². The molecule has 0 spiro atoms. The third-order valence-electron chi connectivity index (χ3n) is 2.64. The second-order valence-electron chi connectivity index (χ2n) is 4.52. The van der Waals surface area contributed by atoms with Crippen molar-refractivity contribution in [3.8, 4) is 0 Å². The number of rotatable bonds is 4. The molecule has 0 aliphatic rings. The van der Waals surface area contributed by atoms with Gasteiger partial charge in [-0.15, -0.1) is 0 Å². The molecule has 0 saturated carbocycles. The van der Waals surface area contributed by atoms with Crippen LogP contribution >= 0.6 is 0 Å². The van der Waals surface area contributed by atoms with Crippen molar-refractivity contribution < 1.29 is 9.85 Å². The first-order valence-electron chi connectivity index (χ1n) is 5.50. The van der Waals surface area contributed by atoms with Crippen LogP contribution < -0.4 is 0 Å². The normalized spacial score (nSPS) is 12.9. The van der Waals surface area contributed by atoms with Gasteiger partial charge < -0.3 is 10.3 Å². The number of benzene rings is 1. The average Bonchev–Trinajstić information content (AvgIpc) is 2.30. The van der Waals surface area contributed by atoms with E-state index in [-0.39, 0.29) is 6.61 Å². The fourth-order valence-corrected chi connectivity index (χ4v) is 1.22. The van der Waals surface area contributed by atoms with Gasteiger partial charge in [-0.1, -0.05) is 19.1 Å². The van der Waals surface area contributed by atoms with Gasteiger partial charge in [0.2, 0.25) is 0 Å². The SMILES string of the molecule is CCc1ccc(/C=[N+](\[O-])C(C)(C)CO)cc1. The van der Waals surface area contributed by atoms with Crippen molar-refractivity contribution in [1.29, 1.82) is 0 Å². The number of aliphatic hydroxyl groups is 1. The monoisotopic (exact) mass is 221 g/mol. The minimum atomic E-state index is -0.774. The molecule has 1 N–H and O–H groups in total. The van der Waals surface area contributed by atoms with Crippen molar-refractivity contribution in [2.75, 3.05) is 6.61 Å². The Morgan fingerprint density at radius 2 is 1.88 bits per heavy atom. The molecular formula is C13H19NO2. The Kier molecular flexibility index (Phi) is 4.07. The summed E-state index contributed by atoms with van der Waals surface area (Å²) in [6.45, 7) is 5.33. The largest absolute Gasteiger partial charge is 0.623 e. The van der Waals surface area contributed by atoms with Crippen LogP contribution in [0.5, 0.6) is 0 Å². The summed E-state index contributed by atoms with van der Waals surface area (Å²) >= 11 is 0. The lowest BCUT2D eigenvalue weighted by molar-refractivity contribution is -0.539. The summed E-state index contributed by atoms with van der Waals surface area (Å²) in [5, 5.41) is 20.8. The number of aryl methyl sites for hydroxylation is 1. The quantitative estimate of drug-likeness (QED) is 0.365. The summed E-state index contributed by atoms with van der Waals surface area (Å²) in [5.41, 5.74) is 1.33. The van der Waals surface area contributed by atoms with Crippen LogP contribution in [0.4, 0.5) is 0 Å². The smallest absolute Gasteiger partial charge is 0.190 e. The van der Waals surface area contributed by atoms with Gasteiger partial charge in [0, 0.05) is 19.4 Å². The molecule has 88 valence electrons. The molecule has 0 fully saturated rings. The molecule has 0 aliphatic carbocycles. The lowest BCUT2D eigenvalue weighted by Gasteiger charge is -2.21. The van der Waals surface area contributed by atoms with Crippen LogP contribution in [0.3, 0.4) is 0 Å². The van der Waals surface area contributed by atoms with Gasteiger partial charge >= 0.3 is 0 Å². The number of hydroxylamine groups is 1. The predicted octanol–water partition coefficient (Wildman–Crippen LogP) is 1.95. The van der Waals surface area contributed by atoms with E-state index in [1.807, 2.05) is 24.3 Å². The second-order valence-corrected chi connectivity index (χ2v) is 4.52. The molecular weight excluding hydrogens is 202 g/mol. The van der Waals surface area contributed by atoms with Gasteiger partial charge in [-0.05, 0) is 24.1 Å². The van der Waals surface area contributed by atoms with Crippen LogP contribution in [0.2, 0.25) is 0 Å². The molecule has 0 heterocycles. The summed E-state index contributed by atoms with van der Waals surface area (Å²) in [7, 11) is 0. The fraction of sp³-hybridized carbons (Fsp3) is 0.462. The molecule has 0 aromatic heterocycles. The highest BCUT2D eigenvalue weighted by molar-refractivity contribution is 5.75.